The van der Waals surface area contributed by atoms with Gasteiger partial charge in [-0.3, -0.25) is 9.48 Å². The van der Waals surface area contributed by atoms with Gasteiger partial charge in [0.25, 0.3) is 0 Å². The standard InChI is InChI=1S/C21H30ClN5O3S.Na.H/c1-15(2)17-8-16(9-18(22)11-17)10-21(28)24-31(29,30)27(20-12-23-26(4)13-20)14-19-6-5-7-25(19)3;;/h8-9,11-13,15,19H,5-7,10,14H2,1-4H3,(H,24,28);;/t19-;;/m0../s1. The second-order valence-electron chi connectivity index (χ2n) is 8.43. The summed E-state index contributed by atoms with van der Waals surface area (Å²) in [5, 5.41) is 4.62. The number of nitrogens with zero attached hydrogens (tertiary/aromatic N) is 4. The van der Waals surface area contributed by atoms with Gasteiger partial charge in [0.2, 0.25) is 5.91 Å². The van der Waals surface area contributed by atoms with Gasteiger partial charge >= 0.3 is 39.8 Å². The molecule has 1 saturated heterocycles. The summed E-state index contributed by atoms with van der Waals surface area (Å²) in [7, 11) is -0.404. The van der Waals surface area contributed by atoms with Gasteiger partial charge in [-0.15, -0.1) is 0 Å². The summed E-state index contributed by atoms with van der Waals surface area (Å²) in [6, 6.07) is 5.50. The number of likely N-dealkylation sites (N-methyl/N-ethyl adjacent to an activating group) is 1. The number of hydrogen-bond acceptors (Lipinski definition) is 5. The number of carbonyl (C=O) groups excluding carboxylic acids is 1. The molecule has 1 fully saturated rings. The second-order valence-corrected chi connectivity index (χ2v) is 10.5. The summed E-state index contributed by atoms with van der Waals surface area (Å²) in [5.74, 6) is -0.362. The third kappa shape index (κ3) is 6.95. The first-order chi connectivity index (χ1) is 14.5. The van der Waals surface area contributed by atoms with Crippen molar-refractivity contribution in [3.8, 4) is 0 Å². The minimum atomic E-state index is -4.11. The first kappa shape index (κ1) is 27.1. The average Bonchev–Trinajstić information content (AvgIpc) is 3.26. The van der Waals surface area contributed by atoms with Gasteiger partial charge in [-0.2, -0.15) is 13.5 Å². The normalized spacial score (nSPS) is 16.8. The molecule has 2 heterocycles. The Morgan fingerprint density at radius 2 is 2.03 bits per heavy atom. The Labute approximate surface area is 217 Å². The van der Waals surface area contributed by atoms with Crippen molar-refractivity contribution in [2.45, 2.75) is 45.1 Å². The molecule has 0 spiro atoms. The van der Waals surface area contributed by atoms with E-state index in [0.717, 1.165) is 24.9 Å². The number of likely N-dealkylation sites (tertiary alicyclic amines) is 1. The summed E-state index contributed by atoms with van der Waals surface area (Å²) in [6.07, 6.45) is 4.96. The van der Waals surface area contributed by atoms with Crippen molar-refractivity contribution in [3.63, 3.8) is 0 Å². The number of benzene rings is 1. The number of halogens is 1. The number of aryl methyl sites for hydroxylation is 1. The van der Waals surface area contributed by atoms with Gasteiger partial charge in [-0.25, -0.2) is 9.03 Å². The molecule has 32 heavy (non-hydrogen) atoms. The van der Waals surface area contributed by atoms with Crippen LogP contribution in [0.4, 0.5) is 5.69 Å². The molecule has 2 aromatic rings. The van der Waals surface area contributed by atoms with Crippen LogP contribution in [-0.2, 0) is 28.5 Å². The van der Waals surface area contributed by atoms with E-state index in [4.69, 9.17) is 11.6 Å². The fraction of sp³-hybridized carbons (Fsp3) is 0.524. The van der Waals surface area contributed by atoms with Crippen LogP contribution >= 0.6 is 11.6 Å². The van der Waals surface area contributed by atoms with Crippen LogP contribution in [0.5, 0.6) is 0 Å². The Morgan fingerprint density at radius 3 is 2.59 bits per heavy atom. The Bertz CT molecular complexity index is 1040. The van der Waals surface area contributed by atoms with Gasteiger partial charge in [-0.05, 0) is 55.6 Å². The van der Waals surface area contributed by atoms with Crippen LogP contribution in [-0.4, -0.2) is 84.7 Å². The average molecular weight is 492 g/mol. The fourth-order valence-electron chi connectivity index (χ4n) is 3.81. The third-order valence-corrected chi connectivity index (χ3v) is 7.22. The molecule has 1 N–H and O–H groups in total. The fourth-order valence-corrected chi connectivity index (χ4v) is 5.29. The molecule has 1 aliphatic heterocycles. The van der Waals surface area contributed by atoms with E-state index in [1.165, 1.54) is 15.2 Å². The van der Waals surface area contributed by atoms with Gasteiger partial charge in [0.15, 0.2) is 0 Å². The molecule has 172 valence electrons. The summed E-state index contributed by atoms with van der Waals surface area (Å²) >= 11 is 6.18. The molecule has 0 unspecified atom stereocenters. The van der Waals surface area contributed by atoms with E-state index in [2.05, 4.69) is 14.7 Å². The number of aromatic nitrogens is 2. The van der Waals surface area contributed by atoms with Gasteiger partial charge in [0.05, 0.1) is 24.8 Å². The summed E-state index contributed by atoms with van der Waals surface area (Å²) < 4.78 is 31.4. The molecular weight excluding hydrogens is 461 g/mol. The first-order valence-corrected chi connectivity index (χ1v) is 12.2. The Morgan fingerprint density at radius 1 is 1.31 bits per heavy atom. The van der Waals surface area contributed by atoms with E-state index in [1.54, 1.807) is 19.3 Å². The molecule has 3 rings (SSSR count). The molecule has 1 aromatic heterocycles. The summed E-state index contributed by atoms with van der Waals surface area (Å²) in [4.78, 5) is 14.8. The number of amides is 1. The van der Waals surface area contributed by atoms with Gasteiger partial charge in [0.1, 0.15) is 0 Å². The maximum absolute atomic E-state index is 13.2. The zero-order valence-corrected chi connectivity index (χ0v) is 19.9. The number of anilines is 1. The molecule has 0 bridgehead atoms. The van der Waals surface area contributed by atoms with E-state index in [0.29, 0.717) is 16.3 Å². The van der Waals surface area contributed by atoms with E-state index in [-0.39, 0.29) is 54.5 Å². The van der Waals surface area contributed by atoms with Gasteiger partial charge < -0.3 is 4.90 Å². The number of nitrogens with one attached hydrogen (secondary N) is 1. The van der Waals surface area contributed by atoms with E-state index >= 15 is 0 Å². The van der Waals surface area contributed by atoms with Crippen molar-refractivity contribution in [1.29, 1.82) is 0 Å². The topological polar surface area (TPSA) is 87.5 Å². The molecule has 8 nitrogen and oxygen atoms in total. The van der Waals surface area contributed by atoms with Gasteiger partial charge in [0, 0.05) is 24.3 Å². The van der Waals surface area contributed by atoms with Crippen molar-refractivity contribution in [2.75, 3.05) is 24.4 Å². The number of carbonyl (C=O) groups is 1. The SMILES string of the molecule is CC(C)c1cc(Cl)cc(CC(=O)NS(=O)(=O)N(C[C@@H]2CCCN2C)c2cnn(C)c2)c1.[NaH]. The predicted octanol–water partition coefficient (Wildman–Crippen LogP) is 2.05. The Hall–Kier alpha value is -1.10. The molecule has 0 aliphatic carbocycles. The quantitative estimate of drug-likeness (QED) is 0.571. The van der Waals surface area contributed by atoms with Crippen molar-refractivity contribution in [2.24, 2.45) is 7.05 Å². The zero-order chi connectivity index (χ0) is 22.8. The third-order valence-electron chi connectivity index (χ3n) is 5.57. The van der Waals surface area contributed by atoms with Crippen LogP contribution in [0.1, 0.15) is 43.7 Å². The molecule has 1 amide bonds. The van der Waals surface area contributed by atoms with Crippen LogP contribution < -0.4 is 9.03 Å². The number of hydrogen-bond donors (Lipinski definition) is 1. The second kappa shape index (κ2) is 11.4. The van der Waals surface area contributed by atoms with Crippen molar-refractivity contribution in [1.82, 2.24) is 19.4 Å². The van der Waals surface area contributed by atoms with Crippen molar-refractivity contribution >= 4 is 63.0 Å². The summed E-state index contributed by atoms with van der Waals surface area (Å²) in [6.45, 7) is 5.24. The molecule has 0 radical (unpaired) electrons. The molecular formula is C21H31ClN5NaO3S. The van der Waals surface area contributed by atoms with E-state index < -0.39 is 16.1 Å². The maximum atomic E-state index is 13.2. The van der Waals surface area contributed by atoms with E-state index in [9.17, 15) is 13.2 Å². The van der Waals surface area contributed by atoms with Crippen LogP contribution in [0.25, 0.3) is 0 Å². The molecule has 1 atom stereocenters. The molecule has 0 saturated carbocycles. The molecule has 11 heteroatoms. The Balaban J connectivity index is 0.00000363. The van der Waals surface area contributed by atoms with Crippen LogP contribution in [0, 0.1) is 0 Å². The summed E-state index contributed by atoms with van der Waals surface area (Å²) in [5.41, 5.74) is 2.10. The molecule has 1 aromatic carbocycles. The zero-order valence-electron chi connectivity index (χ0n) is 18.4. The first-order valence-electron chi connectivity index (χ1n) is 10.4. The monoisotopic (exact) mass is 491 g/mol. The Kier molecular flexibility index (Phi) is 9.63. The predicted molar refractivity (Wildman–Crippen MR) is 130 cm³/mol. The number of rotatable bonds is 8. The van der Waals surface area contributed by atoms with Crippen LogP contribution in [0.3, 0.4) is 0 Å². The van der Waals surface area contributed by atoms with E-state index in [1.807, 2.05) is 33.0 Å². The van der Waals surface area contributed by atoms with Crippen LogP contribution in [0.2, 0.25) is 5.02 Å². The minimum absolute atomic E-state index is 0. The van der Waals surface area contributed by atoms with Crippen molar-refractivity contribution in [3.05, 3.63) is 46.7 Å². The van der Waals surface area contributed by atoms with Gasteiger partial charge in [-0.1, -0.05) is 31.5 Å². The van der Waals surface area contributed by atoms with Crippen molar-refractivity contribution < 1.29 is 13.2 Å². The molecule has 1 aliphatic rings. The van der Waals surface area contributed by atoms with Crippen LogP contribution in [0.15, 0.2) is 30.6 Å².